The number of Topliss-reactive ketones (excluding diaryl/α,β-unsaturated/α-hetero) is 1. The molecule has 114 valence electrons. The fourth-order valence-electron chi connectivity index (χ4n) is 4.63. The van der Waals surface area contributed by atoms with Gasteiger partial charge in [0.25, 0.3) is 0 Å². The van der Waals surface area contributed by atoms with E-state index in [1.54, 1.807) is 5.57 Å². The molecule has 4 rings (SSSR count). The zero-order valence-electron chi connectivity index (χ0n) is 13.1. The molecule has 2 aliphatic heterocycles. The zero-order valence-corrected chi connectivity index (χ0v) is 13.1. The summed E-state index contributed by atoms with van der Waals surface area (Å²) in [4.78, 5) is 16.5. The molecule has 0 N–H and O–H groups in total. The highest BCUT2D eigenvalue weighted by atomic mass is 16.1. The highest BCUT2D eigenvalue weighted by molar-refractivity contribution is 5.79. The standard InChI is InChI=1S/C18H26N2O/c1-2-19-12-15-11-18(15,13-19)14-3-5-16(6-4-14)20-9-7-17(21)8-10-20/h3-5,15-16H,2,6-13H2,1H3. The quantitative estimate of drug-likeness (QED) is 0.795. The van der Waals surface area contributed by atoms with Gasteiger partial charge in [-0.15, -0.1) is 0 Å². The van der Waals surface area contributed by atoms with E-state index >= 15 is 0 Å². The lowest BCUT2D eigenvalue weighted by molar-refractivity contribution is -0.121. The van der Waals surface area contributed by atoms with E-state index < -0.39 is 0 Å². The summed E-state index contributed by atoms with van der Waals surface area (Å²) in [6.45, 7) is 7.95. The minimum absolute atomic E-state index is 0.438. The molecule has 3 fully saturated rings. The van der Waals surface area contributed by atoms with Gasteiger partial charge in [-0.1, -0.05) is 25.2 Å². The number of fused-ring (bicyclic) bond motifs is 1. The average molecular weight is 286 g/mol. The van der Waals surface area contributed by atoms with Crippen LogP contribution in [0.3, 0.4) is 0 Å². The van der Waals surface area contributed by atoms with Gasteiger partial charge in [0.1, 0.15) is 5.78 Å². The van der Waals surface area contributed by atoms with Crippen LogP contribution in [0.2, 0.25) is 0 Å². The van der Waals surface area contributed by atoms with Crippen LogP contribution in [-0.2, 0) is 4.79 Å². The Balaban J connectivity index is 1.39. The summed E-state index contributed by atoms with van der Waals surface area (Å²) in [5.74, 6) is 1.35. The Morgan fingerprint density at radius 3 is 2.76 bits per heavy atom. The predicted molar refractivity (Wildman–Crippen MR) is 84.1 cm³/mol. The van der Waals surface area contributed by atoms with Gasteiger partial charge in [-0.05, 0) is 30.9 Å². The van der Waals surface area contributed by atoms with Crippen LogP contribution in [0.15, 0.2) is 23.8 Å². The average Bonchev–Trinajstić information content (AvgIpc) is 3.10. The molecule has 0 aromatic carbocycles. The number of ketones is 1. The first-order valence-corrected chi connectivity index (χ1v) is 8.58. The van der Waals surface area contributed by atoms with E-state index in [1.807, 2.05) is 0 Å². The van der Waals surface area contributed by atoms with Gasteiger partial charge in [-0.3, -0.25) is 9.69 Å². The molecule has 0 amide bonds. The largest absolute Gasteiger partial charge is 0.302 e. The Morgan fingerprint density at radius 1 is 1.33 bits per heavy atom. The summed E-state index contributed by atoms with van der Waals surface area (Å²) in [5.41, 5.74) is 2.11. The van der Waals surface area contributed by atoms with Crippen molar-refractivity contribution in [1.29, 1.82) is 0 Å². The van der Waals surface area contributed by atoms with Crippen LogP contribution in [0.5, 0.6) is 0 Å². The second-order valence-corrected chi connectivity index (χ2v) is 7.28. The van der Waals surface area contributed by atoms with Gasteiger partial charge in [-0.25, -0.2) is 0 Å². The molecule has 0 bridgehead atoms. The summed E-state index contributed by atoms with van der Waals surface area (Å²) >= 11 is 0. The third kappa shape index (κ3) is 2.31. The van der Waals surface area contributed by atoms with Crippen LogP contribution in [0, 0.1) is 11.3 Å². The first-order valence-electron chi connectivity index (χ1n) is 8.58. The number of carbonyl (C=O) groups excluding carboxylic acids is 1. The van der Waals surface area contributed by atoms with E-state index in [4.69, 9.17) is 0 Å². The Hall–Kier alpha value is -0.930. The maximum atomic E-state index is 11.4. The van der Waals surface area contributed by atoms with Gasteiger partial charge >= 0.3 is 0 Å². The van der Waals surface area contributed by atoms with Crippen molar-refractivity contribution >= 4 is 5.78 Å². The van der Waals surface area contributed by atoms with Crippen LogP contribution in [0.4, 0.5) is 0 Å². The molecule has 3 unspecified atom stereocenters. The van der Waals surface area contributed by atoms with Crippen molar-refractivity contribution in [3.63, 3.8) is 0 Å². The topological polar surface area (TPSA) is 23.6 Å². The molecule has 2 heterocycles. The van der Waals surface area contributed by atoms with E-state index in [2.05, 4.69) is 35.0 Å². The summed E-state index contributed by atoms with van der Waals surface area (Å²) < 4.78 is 0. The van der Waals surface area contributed by atoms with Gasteiger partial charge in [0.2, 0.25) is 0 Å². The molecular weight excluding hydrogens is 260 g/mol. The van der Waals surface area contributed by atoms with E-state index in [0.717, 1.165) is 38.3 Å². The van der Waals surface area contributed by atoms with Gasteiger partial charge in [0.15, 0.2) is 0 Å². The lowest BCUT2D eigenvalue weighted by Gasteiger charge is -2.34. The third-order valence-electron chi connectivity index (χ3n) is 6.14. The van der Waals surface area contributed by atoms with Crippen LogP contribution in [0.1, 0.15) is 32.6 Å². The highest BCUT2D eigenvalue weighted by Crippen LogP contribution is 2.62. The van der Waals surface area contributed by atoms with Crippen molar-refractivity contribution in [2.75, 3.05) is 32.7 Å². The minimum Gasteiger partial charge on any atom is -0.302 e. The molecular formula is C18H26N2O. The number of likely N-dealkylation sites (tertiary alicyclic amines) is 2. The van der Waals surface area contributed by atoms with E-state index in [1.165, 1.54) is 26.1 Å². The van der Waals surface area contributed by atoms with Crippen molar-refractivity contribution in [2.45, 2.75) is 38.6 Å². The Bertz CT molecular complexity index is 499. The SMILES string of the molecule is CCN1CC2CC2(C2=CCC(N3CCC(=O)CC3)C=C2)C1. The molecule has 2 saturated heterocycles. The fourth-order valence-corrected chi connectivity index (χ4v) is 4.63. The van der Waals surface area contributed by atoms with Gasteiger partial charge in [0, 0.05) is 50.5 Å². The van der Waals surface area contributed by atoms with Crippen molar-refractivity contribution in [1.82, 2.24) is 9.80 Å². The number of piperidine rings is 2. The number of rotatable bonds is 3. The lowest BCUT2D eigenvalue weighted by atomic mass is 9.88. The minimum atomic E-state index is 0.438. The molecule has 0 aromatic rings. The van der Waals surface area contributed by atoms with Gasteiger partial charge in [0.05, 0.1) is 0 Å². The normalized spacial score (nSPS) is 40.2. The molecule has 2 aliphatic carbocycles. The molecule has 4 aliphatic rings. The lowest BCUT2D eigenvalue weighted by Crippen LogP contribution is -2.41. The summed E-state index contributed by atoms with van der Waals surface area (Å²) in [6.07, 6.45) is 11.4. The maximum absolute atomic E-state index is 11.4. The molecule has 0 aromatic heterocycles. The highest BCUT2D eigenvalue weighted by Gasteiger charge is 2.60. The van der Waals surface area contributed by atoms with Crippen molar-refractivity contribution in [2.24, 2.45) is 11.3 Å². The van der Waals surface area contributed by atoms with Crippen LogP contribution in [-0.4, -0.2) is 54.3 Å². The second kappa shape index (κ2) is 5.06. The Kier molecular flexibility index (Phi) is 3.31. The van der Waals surface area contributed by atoms with Crippen molar-refractivity contribution in [3.05, 3.63) is 23.8 Å². The molecule has 0 spiro atoms. The number of hydrogen-bond donors (Lipinski definition) is 0. The molecule has 3 heteroatoms. The summed E-state index contributed by atoms with van der Waals surface area (Å²) in [7, 11) is 0. The number of allylic oxidation sites excluding steroid dienone is 1. The molecule has 3 atom stereocenters. The molecule has 1 saturated carbocycles. The summed E-state index contributed by atoms with van der Waals surface area (Å²) in [5, 5.41) is 0. The summed E-state index contributed by atoms with van der Waals surface area (Å²) in [6, 6.07) is 0.527. The van der Waals surface area contributed by atoms with Crippen molar-refractivity contribution in [3.8, 4) is 0 Å². The number of carbonyl (C=O) groups is 1. The monoisotopic (exact) mass is 286 g/mol. The van der Waals surface area contributed by atoms with Crippen LogP contribution < -0.4 is 0 Å². The first-order chi connectivity index (χ1) is 10.2. The van der Waals surface area contributed by atoms with E-state index in [0.29, 0.717) is 17.2 Å². The number of hydrogen-bond acceptors (Lipinski definition) is 3. The van der Waals surface area contributed by atoms with E-state index in [-0.39, 0.29) is 0 Å². The second-order valence-electron chi connectivity index (χ2n) is 7.28. The predicted octanol–water partition coefficient (Wildman–Crippen LogP) is 2.25. The molecule has 21 heavy (non-hydrogen) atoms. The van der Waals surface area contributed by atoms with E-state index in [9.17, 15) is 4.79 Å². The molecule has 0 radical (unpaired) electrons. The molecule has 3 nitrogen and oxygen atoms in total. The zero-order chi connectivity index (χ0) is 14.4. The van der Waals surface area contributed by atoms with Gasteiger partial charge < -0.3 is 4.90 Å². The first kappa shape index (κ1) is 13.7. The van der Waals surface area contributed by atoms with Crippen LogP contribution >= 0.6 is 0 Å². The van der Waals surface area contributed by atoms with Crippen molar-refractivity contribution < 1.29 is 4.79 Å². The van der Waals surface area contributed by atoms with Gasteiger partial charge in [-0.2, -0.15) is 0 Å². The smallest absolute Gasteiger partial charge is 0.135 e. The Morgan fingerprint density at radius 2 is 2.14 bits per heavy atom. The third-order valence-corrected chi connectivity index (χ3v) is 6.14. The number of nitrogens with zero attached hydrogens (tertiary/aromatic N) is 2. The van der Waals surface area contributed by atoms with Crippen LogP contribution in [0.25, 0.3) is 0 Å². The Labute approximate surface area is 127 Å². The fraction of sp³-hybridized carbons (Fsp3) is 0.722. The maximum Gasteiger partial charge on any atom is 0.135 e.